The van der Waals surface area contributed by atoms with Crippen LogP contribution in [0.25, 0.3) is 0 Å². The first-order valence-corrected chi connectivity index (χ1v) is 6.39. The standard InChI is InChI=1S/C16H18FNO2/c1-11(19)12-8-9-14(13(17)10-12)18(2)15-6-4-5-7-16(15)20-3/h4-11,19H,1-3H3/t11-/m0/s1. The van der Waals surface area contributed by atoms with Gasteiger partial charge in [-0.25, -0.2) is 4.39 Å². The van der Waals surface area contributed by atoms with E-state index in [1.54, 1.807) is 38.1 Å². The Morgan fingerprint density at radius 1 is 1.15 bits per heavy atom. The fourth-order valence-corrected chi connectivity index (χ4v) is 2.09. The van der Waals surface area contributed by atoms with E-state index >= 15 is 0 Å². The molecule has 0 radical (unpaired) electrons. The number of halogens is 1. The zero-order chi connectivity index (χ0) is 14.7. The van der Waals surface area contributed by atoms with Crippen LogP contribution >= 0.6 is 0 Å². The third-order valence-electron chi connectivity index (χ3n) is 3.26. The molecule has 0 bridgehead atoms. The summed E-state index contributed by atoms with van der Waals surface area (Å²) in [6, 6.07) is 12.2. The fourth-order valence-electron chi connectivity index (χ4n) is 2.09. The van der Waals surface area contributed by atoms with Crippen molar-refractivity contribution in [3.8, 4) is 5.75 Å². The van der Waals surface area contributed by atoms with Gasteiger partial charge in [0.1, 0.15) is 11.6 Å². The lowest BCUT2D eigenvalue weighted by Gasteiger charge is -2.22. The highest BCUT2D eigenvalue weighted by Gasteiger charge is 2.14. The van der Waals surface area contributed by atoms with E-state index in [1.807, 2.05) is 24.3 Å². The lowest BCUT2D eigenvalue weighted by atomic mass is 10.1. The Morgan fingerprint density at radius 2 is 1.85 bits per heavy atom. The number of rotatable bonds is 4. The molecule has 1 N–H and O–H groups in total. The molecular weight excluding hydrogens is 257 g/mol. The van der Waals surface area contributed by atoms with Gasteiger partial charge in [-0.3, -0.25) is 0 Å². The molecule has 0 heterocycles. The van der Waals surface area contributed by atoms with Gasteiger partial charge in [0.25, 0.3) is 0 Å². The minimum atomic E-state index is -0.685. The van der Waals surface area contributed by atoms with Crippen LogP contribution in [0, 0.1) is 5.82 Å². The van der Waals surface area contributed by atoms with E-state index in [9.17, 15) is 9.50 Å². The Bertz CT molecular complexity index is 599. The highest BCUT2D eigenvalue weighted by Crippen LogP contribution is 2.34. The normalized spacial score (nSPS) is 12.1. The van der Waals surface area contributed by atoms with E-state index < -0.39 is 6.10 Å². The quantitative estimate of drug-likeness (QED) is 0.924. The van der Waals surface area contributed by atoms with Crippen molar-refractivity contribution in [3.63, 3.8) is 0 Å². The number of ether oxygens (including phenoxy) is 1. The van der Waals surface area contributed by atoms with E-state index in [-0.39, 0.29) is 5.82 Å². The maximum atomic E-state index is 14.2. The van der Waals surface area contributed by atoms with Crippen molar-refractivity contribution in [2.75, 3.05) is 19.1 Å². The van der Waals surface area contributed by atoms with E-state index in [0.29, 0.717) is 17.0 Å². The molecule has 4 heteroatoms. The third kappa shape index (κ3) is 2.75. The van der Waals surface area contributed by atoms with Crippen molar-refractivity contribution >= 4 is 11.4 Å². The van der Waals surface area contributed by atoms with Crippen molar-refractivity contribution in [1.82, 2.24) is 0 Å². The summed E-state index contributed by atoms with van der Waals surface area (Å²) in [4.78, 5) is 1.72. The number of benzene rings is 2. The smallest absolute Gasteiger partial charge is 0.147 e. The van der Waals surface area contributed by atoms with Crippen LogP contribution in [0.1, 0.15) is 18.6 Å². The van der Waals surface area contributed by atoms with Gasteiger partial charge in [-0.1, -0.05) is 18.2 Å². The highest BCUT2D eigenvalue weighted by molar-refractivity contribution is 5.69. The molecule has 0 aliphatic heterocycles. The van der Waals surface area contributed by atoms with Crippen LogP contribution in [0.3, 0.4) is 0 Å². The molecule has 2 rings (SSSR count). The van der Waals surface area contributed by atoms with Crippen molar-refractivity contribution < 1.29 is 14.2 Å². The molecule has 0 saturated heterocycles. The van der Waals surface area contributed by atoms with Crippen molar-refractivity contribution in [2.24, 2.45) is 0 Å². The Hall–Kier alpha value is -2.07. The number of aliphatic hydroxyl groups excluding tert-OH is 1. The zero-order valence-corrected chi connectivity index (χ0v) is 11.8. The van der Waals surface area contributed by atoms with Crippen LogP contribution in [0.15, 0.2) is 42.5 Å². The number of methoxy groups -OCH3 is 1. The number of hydrogen-bond donors (Lipinski definition) is 1. The first-order valence-electron chi connectivity index (χ1n) is 6.39. The van der Waals surface area contributed by atoms with Crippen LogP contribution in [0.5, 0.6) is 5.75 Å². The van der Waals surface area contributed by atoms with Crippen LogP contribution < -0.4 is 9.64 Å². The Morgan fingerprint density at radius 3 is 2.45 bits per heavy atom. The Kier molecular flexibility index (Phi) is 4.25. The van der Waals surface area contributed by atoms with Gasteiger partial charge in [0.2, 0.25) is 0 Å². The second-order valence-corrected chi connectivity index (χ2v) is 4.62. The summed E-state index contributed by atoms with van der Waals surface area (Å²) in [7, 11) is 3.36. The summed E-state index contributed by atoms with van der Waals surface area (Å²) in [5, 5.41) is 9.48. The second kappa shape index (κ2) is 5.92. The SMILES string of the molecule is COc1ccccc1N(C)c1ccc([C@H](C)O)cc1F. The number of nitrogens with zero attached hydrogens (tertiary/aromatic N) is 1. The predicted octanol–water partition coefficient (Wildman–Crippen LogP) is 3.66. The van der Waals surface area contributed by atoms with E-state index in [2.05, 4.69) is 0 Å². The van der Waals surface area contributed by atoms with Gasteiger partial charge in [-0.05, 0) is 36.8 Å². The maximum absolute atomic E-state index is 14.2. The van der Waals surface area contributed by atoms with Gasteiger partial charge in [0, 0.05) is 7.05 Å². The van der Waals surface area contributed by atoms with E-state index in [0.717, 1.165) is 5.69 Å². The minimum Gasteiger partial charge on any atom is -0.495 e. The van der Waals surface area contributed by atoms with Crippen LogP contribution in [0.4, 0.5) is 15.8 Å². The van der Waals surface area contributed by atoms with Crippen LogP contribution in [-0.4, -0.2) is 19.3 Å². The van der Waals surface area contributed by atoms with Gasteiger partial charge in [0.05, 0.1) is 24.6 Å². The molecule has 2 aromatic rings. The maximum Gasteiger partial charge on any atom is 0.147 e. The largest absolute Gasteiger partial charge is 0.495 e. The number of para-hydroxylation sites is 2. The molecule has 0 aliphatic carbocycles. The summed E-state index contributed by atoms with van der Waals surface area (Å²) in [5.41, 5.74) is 1.76. The summed E-state index contributed by atoms with van der Waals surface area (Å²) in [5.74, 6) is 0.297. The molecule has 2 aromatic carbocycles. The molecular formula is C16H18FNO2. The molecule has 0 unspecified atom stereocenters. The summed E-state index contributed by atoms with van der Waals surface area (Å²) < 4.78 is 19.5. The predicted molar refractivity (Wildman–Crippen MR) is 78.1 cm³/mol. The average molecular weight is 275 g/mol. The Balaban J connectivity index is 2.40. The molecule has 0 spiro atoms. The Labute approximate surface area is 118 Å². The van der Waals surface area contributed by atoms with Crippen molar-refractivity contribution in [1.29, 1.82) is 0 Å². The van der Waals surface area contributed by atoms with Crippen molar-refractivity contribution in [2.45, 2.75) is 13.0 Å². The van der Waals surface area contributed by atoms with Gasteiger partial charge < -0.3 is 14.7 Å². The number of aliphatic hydroxyl groups is 1. The first-order chi connectivity index (χ1) is 9.54. The summed E-state index contributed by atoms with van der Waals surface area (Å²) in [6.07, 6.45) is -0.685. The number of anilines is 2. The summed E-state index contributed by atoms with van der Waals surface area (Å²) in [6.45, 7) is 1.61. The summed E-state index contributed by atoms with van der Waals surface area (Å²) >= 11 is 0. The van der Waals surface area contributed by atoms with Gasteiger partial charge >= 0.3 is 0 Å². The molecule has 0 amide bonds. The van der Waals surface area contributed by atoms with Crippen LogP contribution in [-0.2, 0) is 0 Å². The minimum absolute atomic E-state index is 0.378. The second-order valence-electron chi connectivity index (χ2n) is 4.62. The molecule has 106 valence electrons. The molecule has 0 aromatic heterocycles. The van der Waals surface area contributed by atoms with Gasteiger partial charge in [-0.2, -0.15) is 0 Å². The zero-order valence-electron chi connectivity index (χ0n) is 11.8. The topological polar surface area (TPSA) is 32.7 Å². The third-order valence-corrected chi connectivity index (χ3v) is 3.26. The average Bonchev–Trinajstić information content (AvgIpc) is 2.46. The fraction of sp³-hybridized carbons (Fsp3) is 0.250. The van der Waals surface area contributed by atoms with Gasteiger partial charge in [0.15, 0.2) is 0 Å². The first kappa shape index (κ1) is 14.3. The lowest BCUT2D eigenvalue weighted by Crippen LogP contribution is -2.12. The highest BCUT2D eigenvalue weighted by atomic mass is 19.1. The molecule has 0 aliphatic rings. The van der Waals surface area contributed by atoms with Crippen molar-refractivity contribution in [3.05, 3.63) is 53.8 Å². The van der Waals surface area contributed by atoms with E-state index in [1.165, 1.54) is 6.07 Å². The lowest BCUT2D eigenvalue weighted by molar-refractivity contribution is 0.199. The molecule has 0 fully saturated rings. The molecule has 3 nitrogen and oxygen atoms in total. The van der Waals surface area contributed by atoms with Crippen LogP contribution in [0.2, 0.25) is 0 Å². The van der Waals surface area contributed by atoms with E-state index in [4.69, 9.17) is 4.74 Å². The van der Waals surface area contributed by atoms with Gasteiger partial charge in [-0.15, -0.1) is 0 Å². The molecule has 20 heavy (non-hydrogen) atoms. The number of hydrogen-bond acceptors (Lipinski definition) is 3. The monoisotopic (exact) mass is 275 g/mol. The molecule has 0 saturated carbocycles. The molecule has 1 atom stereocenters.